The molecule has 0 spiro atoms. The number of para-hydroxylation sites is 1. The molecular formula is C13H18O3. The van der Waals surface area contributed by atoms with Crippen molar-refractivity contribution in [2.24, 2.45) is 0 Å². The maximum Gasteiger partial charge on any atom is 0.303 e. The summed E-state index contributed by atoms with van der Waals surface area (Å²) >= 11 is 0. The number of carbonyl (C=O) groups is 1. The molecule has 3 heteroatoms. The summed E-state index contributed by atoms with van der Waals surface area (Å²) in [5.41, 5.74) is 1.42. The Morgan fingerprint density at radius 3 is 2.44 bits per heavy atom. The fourth-order valence-electron chi connectivity index (χ4n) is 1.64. The molecule has 0 bridgehead atoms. The predicted octanol–water partition coefficient (Wildman–Crippen LogP) is 2.71. The Kier molecular flexibility index (Phi) is 3.58. The van der Waals surface area contributed by atoms with Crippen LogP contribution in [0, 0.1) is 0 Å². The normalized spacial score (nSPS) is 11.4. The van der Waals surface area contributed by atoms with Gasteiger partial charge in [-0.1, -0.05) is 39.0 Å². The van der Waals surface area contributed by atoms with Gasteiger partial charge in [0.15, 0.2) is 0 Å². The number of aryl methyl sites for hydroxylation is 1. The maximum atomic E-state index is 10.5. The topological polar surface area (TPSA) is 57.5 Å². The highest BCUT2D eigenvalue weighted by Crippen LogP contribution is 2.33. The van der Waals surface area contributed by atoms with Gasteiger partial charge in [0, 0.05) is 6.42 Å². The van der Waals surface area contributed by atoms with Crippen LogP contribution in [0.2, 0.25) is 0 Å². The number of benzene rings is 1. The van der Waals surface area contributed by atoms with Crippen molar-refractivity contribution in [3.8, 4) is 5.75 Å². The van der Waals surface area contributed by atoms with Crippen molar-refractivity contribution in [1.82, 2.24) is 0 Å². The van der Waals surface area contributed by atoms with E-state index in [2.05, 4.69) is 0 Å². The number of hydrogen-bond donors (Lipinski definition) is 2. The second kappa shape index (κ2) is 4.56. The van der Waals surface area contributed by atoms with E-state index in [0.717, 1.165) is 5.56 Å². The number of aliphatic carboxylic acids is 1. The lowest BCUT2D eigenvalue weighted by atomic mass is 9.85. The second-order valence-electron chi connectivity index (χ2n) is 4.96. The van der Waals surface area contributed by atoms with Gasteiger partial charge in [-0.15, -0.1) is 0 Å². The van der Waals surface area contributed by atoms with Crippen molar-refractivity contribution in [2.75, 3.05) is 0 Å². The van der Waals surface area contributed by atoms with Crippen LogP contribution in [0.5, 0.6) is 5.75 Å². The molecule has 0 heterocycles. The van der Waals surface area contributed by atoms with E-state index in [0.29, 0.717) is 12.0 Å². The molecule has 0 amide bonds. The average Bonchev–Trinajstić information content (AvgIpc) is 2.14. The van der Waals surface area contributed by atoms with Crippen LogP contribution in [-0.4, -0.2) is 16.2 Å². The lowest BCUT2D eigenvalue weighted by molar-refractivity contribution is -0.136. The first-order chi connectivity index (χ1) is 7.32. The molecule has 0 aromatic heterocycles. The maximum absolute atomic E-state index is 10.5. The molecule has 0 saturated heterocycles. The molecule has 0 atom stereocenters. The summed E-state index contributed by atoms with van der Waals surface area (Å²) in [6.07, 6.45) is 0.409. The third kappa shape index (κ3) is 2.99. The van der Waals surface area contributed by atoms with E-state index >= 15 is 0 Å². The Labute approximate surface area is 95.7 Å². The van der Waals surface area contributed by atoms with Crippen molar-refractivity contribution in [2.45, 2.75) is 39.0 Å². The number of phenols is 1. The molecule has 0 aliphatic heterocycles. The lowest BCUT2D eigenvalue weighted by Gasteiger charge is -2.21. The summed E-state index contributed by atoms with van der Waals surface area (Å²) in [6, 6.07) is 5.50. The minimum absolute atomic E-state index is 0.0428. The standard InChI is InChI=1S/C13H18O3/c1-13(2,3)10-6-4-5-9(12(10)16)7-8-11(14)15/h4-6,16H,7-8H2,1-3H3,(H,14,15). The zero-order valence-electron chi connectivity index (χ0n) is 9.95. The molecule has 0 radical (unpaired) electrons. The predicted molar refractivity (Wildman–Crippen MR) is 62.8 cm³/mol. The van der Waals surface area contributed by atoms with Gasteiger partial charge in [-0.05, 0) is 23.0 Å². The molecule has 0 aliphatic rings. The van der Waals surface area contributed by atoms with E-state index in [1.54, 1.807) is 6.07 Å². The first kappa shape index (κ1) is 12.6. The third-order valence-corrected chi connectivity index (χ3v) is 2.54. The minimum atomic E-state index is -0.847. The van der Waals surface area contributed by atoms with Gasteiger partial charge >= 0.3 is 5.97 Å². The van der Waals surface area contributed by atoms with Gasteiger partial charge in [-0.25, -0.2) is 0 Å². The number of carboxylic acid groups (broad SMARTS) is 1. The molecule has 1 aromatic carbocycles. The fraction of sp³-hybridized carbons (Fsp3) is 0.462. The quantitative estimate of drug-likeness (QED) is 0.826. The van der Waals surface area contributed by atoms with Gasteiger partial charge in [0.05, 0.1) is 0 Å². The van der Waals surface area contributed by atoms with Crippen molar-refractivity contribution >= 4 is 5.97 Å². The molecule has 88 valence electrons. The number of carboxylic acids is 1. The van der Waals surface area contributed by atoms with Crippen molar-refractivity contribution in [3.05, 3.63) is 29.3 Å². The summed E-state index contributed by atoms with van der Waals surface area (Å²) < 4.78 is 0. The molecule has 2 N–H and O–H groups in total. The summed E-state index contributed by atoms with van der Waals surface area (Å²) in [6.45, 7) is 6.05. The molecule has 0 unspecified atom stereocenters. The van der Waals surface area contributed by atoms with E-state index in [9.17, 15) is 9.90 Å². The van der Waals surface area contributed by atoms with Crippen LogP contribution >= 0.6 is 0 Å². The van der Waals surface area contributed by atoms with E-state index < -0.39 is 5.97 Å². The number of phenolic OH excluding ortho intramolecular Hbond substituents is 1. The Bertz CT molecular complexity index is 389. The Morgan fingerprint density at radius 2 is 1.94 bits per heavy atom. The third-order valence-electron chi connectivity index (χ3n) is 2.54. The summed E-state index contributed by atoms with van der Waals surface area (Å²) in [5.74, 6) is -0.614. The first-order valence-electron chi connectivity index (χ1n) is 5.35. The van der Waals surface area contributed by atoms with E-state index in [4.69, 9.17) is 5.11 Å². The largest absolute Gasteiger partial charge is 0.507 e. The van der Waals surface area contributed by atoms with Crippen LogP contribution in [0.1, 0.15) is 38.3 Å². The SMILES string of the molecule is CC(C)(C)c1cccc(CCC(=O)O)c1O. The van der Waals surface area contributed by atoms with E-state index in [1.807, 2.05) is 32.9 Å². The van der Waals surface area contributed by atoms with Gasteiger partial charge in [-0.3, -0.25) is 4.79 Å². The van der Waals surface area contributed by atoms with E-state index in [-0.39, 0.29) is 17.6 Å². The van der Waals surface area contributed by atoms with Crippen LogP contribution in [0.15, 0.2) is 18.2 Å². The smallest absolute Gasteiger partial charge is 0.303 e. The molecule has 0 fully saturated rings. The summed E-state index contributed by atoms with van der Waals surface area (Å²) in [4.78, 5) is 10.5. The zero-order valence-corrected chi connectivity index (χ0v) is 9.95. The summed E-state index contributed by atoms with van der Waals surface area (Å²) in [5, 5.41) is 18.7. The molecule has 0 saturated carbocycles. The number of hydrogen-bond acceptors (Lipinski definition) is 2. The van der Waals surface area contributed by atoms with Gasteiger partial charge in [0.1, 0.15) is 5.75 Å². The summed E-state index contributed by atoms with van der Waals surface area (Å²) in [7, 11) is 0. The zero-order chi connectivity index (χ0) is 12.3. The highest BCUT2D eigenvalue weighted by molar-refractivity contribution is 5.67. The van der Waals surface area contributed by atoms with E-state index in [1.165, 1.54) is 0 Å². The Balaban J connectivity index is 3.00. The highest BCUT2D eigenvalue weighted by Gasteiger charge is 2.19. The minimum Gasteiger partial charge on any atom is -0.507 e. The van der Waals surface area contributed by atoms with Crippen LogP contribution < -0.4 is 0 Å². The second-order valence-corrected chi connectivity index (χ2v) is 4.96. The lowest BCUT2D eigenvalue weighted by Crippen LogP contribution is -2.12. The van der Waals surface area contributed by atoms with Crippen LogP contribution in [0.3, 0.4) is 0 Å². The number of aromatic hydroxyl groups is 1. The Hall–Kier alpha value is -1.51. The molecule has 3 nitrogen and oxygen atoms in total. The van der Waals surface area contributed by atoms with Crippen LogP contribution in [0.25, 0.3) is 0 Å². The average molecular weight is 222 g/mol. The Morgan fingerprint density at radius 1 is 1.31 bits per heavy atom. The molecule has 16 heavy (non-hydrogen) atoms. The molecule has 1 rings (SSSR count). The molecule has 0 aliphatic carbocycles. The van der Waals surface area contributed by atoms with Gasteiger partial charge in [0.2, 0.25) is 0 Å². The molecule has 1 aromatic rings. The monoisotopic (exact) mass is 222 g/mol. The molecular weight excluding hydrogens is 204 g/mol. The highest BCUT2D eigenvalue weighted by atomic mass is 16.4. The van der Waals surface area contributed by atoms with Crippen LogP contribution in [0.4, 0.5) is 0 Å². The van der Waals surface area contributed by atoms with Crippen molar-refractivity contribution in [1.29, 1.82) is 0 Å². The fourth-order valence-corrected chi connectivity index (χ4v) is 1.64. The van der Waals surface area contributed by atoms with Gasteiger partial charge < -0.3 is 10.2 Å². The van der Waals surface area contributed by atoms with Crippen LogP contribution in [-0.2, 0) is 16.6 Å². The van der Waals surface area contributed by atoms with Gasteiger partial charge in [0.25, 0.3) is 0 Å². The van der Waals surface area contributed by atoms with Crippen molar-refractivity contribution < 1.29 is 15.0 Å². The van der Waals surface area contributed by atoms with Crippen molar-refractivity contribution in [3.63, 3.8) is 0 Å². The van der Waals surface area contributed by atoms with Gasteiger partial charge in [-0.2, -0.15) is 0 Å². The number of rotatable bonds is 3. The first-order valence-corrected chi connectivity index (χ1v) is 5.35.